The summed E-state index contributed by atoms with van der Waals surface area (Å²) in [4.78, 5) is 26.5. The van der Waals surface area contributed by atoms with E-state index < -0.39 is 11.9 Å². The van der Waals surface area contributed by atoms with Crippen LogP contribution in [0.4, 0.5) is 5.69 Å². The number of para-hydroxylation sites is 2. The number of ether oxygens (including phenoxy) is 3. The molecule has 0 radical (unpaired) electrons. The number of carbonyl (C=O) groups is 2. The molecule has 1 aliphatic rings. The van der Waals surface area contributed by atoms with E-state index in [1.807, 2.05) is 32.3 Å². The van der Waals surface area contributed by atoms with E-state index in [1.54, 1.807) is 40.1 Å². The normalized spacial score (nSPS) is 13.3. The van der Waals surface area contributed by atoms with Gasteiger partial charge in [-0.3, -0.25) is 4.68 Å². The molecule has 1 aliphatic heterocycles. The molecule has 2 heterocycles. The van der Waals surface area contributed by atoms with Crippen LogP contribution in [0.5, 0.6) is 5.75 Å². The zero-order chi connectivity index (χ0) is 21.7. The van der Waals surface area contributed by atoms with Gasteiger partial charge in [0, 0.05) is 25.0 Å². The molecule has 0 spiro atoms. The van der Waals surface area contributed by atoms with E-state index in [0.717, 1.165) is 11.3 Å². The SMILES string of the molecule is COC(=O)C1=C(C(=O)OC)N(c2ccccc2OCc2cn(C)nc2C)C=CC=C1. The fourth-order valence-electron chi connectivity index (χ4n) is 3.08. The van der Waals surface area contributed by atoms with Crippen molar-refractivity contribution in [1.29, 1.82) is 0 Å². The first-order valence-electron chi connectivity index (χ1n) is 9.22. The summed E-state index contributed by atoms with van der Waals surface area (Å²) in [5.74, 6) is -0.799. The van der Waals surface area contributed by atoms with E-state index in [-0.39, 0.29) is 11.3 Å². The molecular formula is C22H23N3O5. The van der Waals surface area contributed by atoms with Crippen molar-refractivity contribution in [1.82, 2.24) is 9.78 Å². The van der Waals surface area contributed by atoms with Gasteiger partial charge in [0.05, 0.1) is 31.2 Å². The number of hydrogen-bond donors (Lipinski definition) is 0. The lowest BCUT2D eigenvalue weighted by atomic mass is 10.1. The van der Waals surface area contributed by atoms with Gasteiger partial charge in [-0.05, 0) is 31.2 Å². The number of allylic oxidation sites excluding steroid dienone is 2. The highest BCUT2D eigenvalue weighted by atomic mass is 16.5. The summed E-state index contributed by atoms with van der Waals surface area (Å²) in [7, 11) is 4.36. The number of aryl methyl sites for hydroxylation is 2. The van der Waals surface area contributed by atoms with Gasteiger partial charge in [-0.15, -0.1) is 0 Å². The molecular weight excluding hydrogens is 386 g/mol. The molecule has 0 saturated heterocycles. The highest BCUT2D eigenvalue weighted by Crippen LogP contribution is 2.34. The van der Waals surface area contributed by atoms with Gasteiger partial charge in [0.25, 0.3) is 0 Å². The first-order chi connectivity index (χ1) is 14.5. The molecule has 0 amide bonds. The van der Waals surface area contributed by atoms with Gasteiger partial charge in [-0.25, -0.2) is 9.59 Å². The van der Waals surface area contributed by atoms with E-state index in [9.17, 15) is 9.59 Å². The molecule has 0 N–H and O–H groups in total. The van der Waals surface area contributed by atoms with Gasteiger partial charge < -0.3 is 19.1 Å². The molecule has 1 aromatic heterocycles. The maximum absolute atomic E-state index is 12.6. The summed E-state index contributed by atoms with van der Waals surface area (Å²) in [5.41, 5.74) is 2.49. The van der Waals surface area contributed by atoms with E-state index >= 15 is 0 Å². The second-order valence-electron chi connectivity index (χ2n) is 6.49. The minimum absolute atomic E-state index is 0.0305. The summed E-state index contributed by atoms with van der Waals surface area (Å²) in [5, 5.41) is 4.32. The van der Waals surface area contributed by atoms with Gasteiger partial charge in [-0.1, -0.05) is 18.2 Å². The Hall–Kier alpha value is -3.81. The van der Waals surface area contributed by atoms with Crippen LogP contribution in [0.2, 0.25) is 0 Å². The van der Waals surface area contributed by atoms with Crippen molar-refractivity contribution in [2.45, 2.75) is 13.5 Å². The number of benzene rings is 1. The Kier molecular flexibility index (Phi) is 6.36. The number of nitrogens with zero attached hydrogens (tertiary/aromatic N) is 3. The van der Waals surface area contributed by atoms with Crippen molar-refractivity contribution in [3.63, 3.8) is 0 Å². The Balaban J connectivity index is 2.03. The average molecular weight is 409 g/mol. The number of aromatic nitrogens is 2. The van der Waals surface area contributed by atoms with Crippen molar-refractivity contribution in [3.8, 4) is 5.75 Å². The van der Waals surface area contributed by atoms with Gasteiger partial charge in [0.2, 0.25) is 0 Å². The smallest absolute Gasteiger partial charge is 0.355 e. The summed E-state index contributed by atoms with van der Waals surface area (Å²) in [6.45, 7) is 2.21. The van der Waals surface area contributed by atoms with Crippen molar-refractivity contribution >= 4 is 17.6 Å². The zero-order valence-electron chi connectivity index (χ0n) is 17.3. The van der Waals surface area contributed by atoms with Crippen molar-refractivity contribution in [2.75, 3.05) is 19.1 Å². The third kappa shape index (κ3) is 4.27. The highest BCUT2D eigenvalue weighted by molar-refractivity contribution is 6.05. The number of methoxy groups -OCH3 is 2. The molecule has 0 unspecified atom stereocenters. The van der Waals surface area contributed by atoms with Gasteiger partial charge in [0.15, 0.2) is 0 Å². The predicted molar refractivity (Wildman–Crippen MR) is 111 cm³/mol. The van der Waals surface area contributed by atoms with E-state index in [4.69, 9.17) is 14.2 Å². The largest absolute Gasteiger partial charge is 0.487 e. The molecule has 0 aliphatic carbocycles. The molecule has 0 atom stereocenters. The number of carbonyl (C=O) groups excluding carboxylic acids is 2. The molecule has 8 nitrogen and oxygen atoms in total. The van der Waals surface area contributed by atoms with E-state index in [2.05, 4.69) is 5.10 Å². The molecule has 1 aromatic carbocycles. The standard InChI is InChI=1S/C22H23N3O5/c1-15-16(13-24(2)23-15)14-30-19-11-6-5-10-18(19)25-12-8-7-9-17(21(26)28-3)20(25)22(27)29-4/h5-13H,14H2,1-4H3. The summed E-state index contributed by atoms with van der Waals surface area (Å²) in [6, 6.07) is 7.23. The van der Waals surface area contributed by atoms with Crippen LogP contribution in [-0.2, 0) is 32.7 Å². The monoisotopic (exact) mass is 409 g/mol. The molecule has 0 bridgehead atoms. The second kappa shape index (κ2) is 9.13. The van der Waals surface area contributed by atoms with Gasteiger partial charge in [-0.2, -0.15) is 5.10 Å². The Morgan fingerprint density at radius 1 is 1.07 bits per heavy atom. The van der Waals surface area contributed by atoms with E-state index in [0.29, 0.717) is 18.0 Å². The Morgan fingerprint density at radius 2 is 1.80 bits per heavy atom. The minimum Gasteiger partial charge on any atom is -0.487 e. The van der Waals surface area contributed by atoms with Crippen LogP contribution in [0.25, 0.3) is 0 Å². The van der Waals surface area contributed by atoms with Gasteiger partial charge in [0.1, 0.15) is 18.1 Å². The molecule has 3 rings (SSSR count). The van der Waals surface area contributed by atoms with Crippen molar-refractivity contribution < 1.29 is 23.8 Å². The Bertz CT molecular complexity index is 1050. The fraction of sp³-hybridized carbons (Fsp3) is 0.227. The third-order valence-electron chi connectivity index (χ3n) is 4.51. The lowest BCUT2D eigenvalue weighted by Gasteiger charge is -2.25. The van der Waals surface area contributed by atoms with Crippen molar-refractivity contribution in [3.05, 3.63) is 77.4 Å². The average Bonchev–Trinajstić information content (AvgIpc) is 2.94. The first-order valence-corrected chi connectivity index (χ1v) is 9.22. The van der Waals surface area contributed by atoms with Crippen LogP contribution in [0.15, 0.2) is 66.2 Å². The summed E-state index contributed by atoms with van der Waals surface area (Å²) >= 11 is 0. The maximum atomic E-state index is 12.6. The van der Waals surface area contributed by atoms with Crippen LogP contribution in [0.1, 0.15) is 11.3 Å². The molecule has 8 heteroatoms. The number of esters is 2. The number of anilines is 1. The maximum Gasteiger partial charge on any atom is 0.355 e. The first kappa shape index (κ1) is 20.9. The van der Waals surface area contributed by atoms with Gasteiger partial charge >= 0.3 is 11.9 Å². The molecule has 30 heavy (non-hydrogen) atoms. The highest BCUT2D eigenvalue weighted by Gasteiger charge is 2.28. The summed E-state index contributed by atoms with van der Waals surface area (Å²) in [6.07, 6.45) is 8.43. The topological polar surface area (TPSA) is 82.9 Å². The van der Waals surface area contributed by atoms with Crippen LogP contribution >= 0.6 is 0 Å². The Labute approximate surface area is 174 Å². The lowest BCUT2D eigenvalue weighted by molar-refractivity contribution is -0.139. The molecule has 0 fully saturated rings. The number of rotatable bonds is 6. The van der Waals surface area contributed by atoms with Crippen LogP contribution in [0, 0.1) is 6.92 Å². The molecule has 2 aromatic rings. The lowest BCUT2D eigenvalue weighted by Crippen LogP contribution is -2.27. The van der Waals surface area contributed by atoms with Crippen LogP contribution < -0.4 is 9.64 Å². The Morgan fingerprint density at radius 3 is 2.47 bits per heavy atom. The third-order valence-corrected chi connectivity index (χ3v) is 4.51. The van der Waals surface area contributed by atoms with E-state index in [1.165, 1.54) is 20.3 Å². The fourth-order valence-corrected chi connectivity index (χ4v) is 3.08. The second-order valence-corrected chi connectivity index (χ2v) is 6.49. The predicted octanol–water partition coefficient (Wildman–Crippen LogP) is 2.80. The van der Waals surface area contributed by atoms with Crippen LogP contribution in [-0.4, -0.2) is 35.9 Å². The number of hydrogen-bond acceptors (Lipinski definition) is 7. The molecule has 0 saturated carbocycles. The van der Waals surface area contributed by atoms with Crippen molar-refractivity contribution in [2.24, 2.45) is 7.05 Å². The van der Waals surface area contributed by atoms with Crippen LogP contribution in [0.3, 0.4) is 0 Å². The molecule has 156 valence electrons. The summed E-state index contributed by atoms with van der Waals surface area (Å²) < 4.78 is 17.6. The quantitative estimate of drug-likeness (QED) is 0.679. The zero-order valence-corrected chi connectivity index (χ0v) is 17.3. The minimum atomic E-state index is -0.676.